The average Bonchev–Trinajstić information content (AvgIpc) is 1.45. The van der Waals surface area contributed by atoms with E-state index in [2.05, 4.69) is 0 Å². The van der Waals surface area contributed by atoms with Crippen LogP contribution in [-0.4, -0.2) is 147 Å². The number of hydrogen-bond acceptors (Lipinski definition) is 11. The van der Waals surface area contributed by atoms with Gasteiger partial charge >= 0.3 is 227 Å². The van der Waals surface area contributed by atoms with Crippen molar-refractivity contribution in [3.63, 3.8) is 0 Å². The van der Waals surface area contributed by atoms with E-state index in [0.717, 1.165) is 0 Å². The summed E-state index contributed by atoms with van der Waals surface area (Å²) in [4.78, 5) is 51.3. The normalized spacial score (nSPS) is 7.94. The number of rotatable bonds is 0. The molecule has 0 radical (unpaired) electrons. The van der Waals surface area contributed by atoms with Gasteiger partial charge in [-0.2, -0.15) is 15.6 Å². The van der Waals surface area contributed by atoms with Gasteiger partial charge in [0.05, 0.1) is 0 Å². The predicted molar refractivity (Wildman–Crippen MR) is 33.8 cm³/mol. The van der Waals surface area contributed by atoms with Crippen LogP contribution in [0.5, 0.6) is 0 Å². The Kier molecular flexibility index (Phi) is 64.4. The van der Waals surface area contributed by atoms with E-state index in [4.69, 9.17) is 48.6 Å². The standard InChI is InChI=1S/3Ba.K.Nb.2H3O4P.3O/c;;;;;2*1-5(2,3)4;;;/h;;;;;2*(H3,1,2,3,4);;;/q3*+2;+1;;;;;;-1/p-6. The Labute approximate surface area is 272 Å². The Hall–Kier alpha value is 6.87. The van der Waals surface area contributed by atoms with Crippen LogP contribution in [0.25, 0.3) is 0 Å². The van der Waals surface area contributed by atoms with Crippen LogP contribution in [0.3, 0.4) is 0 Å². The summed E-state index contributed by atoms with van der Waals surface area (Å²) in [5.74, 6) is 0. The Balaban J connectivity index is -0.0000000183. The summed E-state index contributed by atoms with van der Waals surface area (Å²) in [5, 5.41) is 0. The third-order valence-corrected chi connectivity index (χ3v) is 0. The summed E-state index contributed by atoms with van der Waals surface area (Å²) in [6.07, 6.45) is 0. The molecule has 0 aliphatic heterocycles. The zero-order valence-corrected chi connectivity index (χ0v) is 29.4. The summed E-state index contributed by atoms with van der Waals surface area (Å²) < 4.78 is 42.9. The zero-order chi connectivity index (χ0) is 12.6. The van der Waals surface area contributed by atoms with Crippen LogP contribution in [0, 0.1) is 0 Å². The van der Waals surface area contributed by atoms with Crippen molar-refractivity contribution < 1.29 is 119 Å². The number of phosphoric acid groups is 2. The van der Waals surface area contributed by atoms with E-state index in [1.165, 1.54) is 0 Å². The van der Waals surface area contributed by atoms with Gasteiger partial charge in [0.25, 0.3) is 0 Å². The Morgan fingerprint density at radius 2 is 0.667 bits per heavy atom. The van der Waals surface area contributed by atoms with Gasteiger partial charge in [-0.3, -0.25) is 0 Å². The molecule has 0 aliphatic rings. The molecule has 0 rings (SSSR count). The molecule has 18 heavy (non-hydrogen) atoms. The minimum absolute atomic E-state index is 0. The van der Waals surface area contributed by atoms with E-state index < -0.39 is 34.4 Å². The van der Waals surface area contributed by atoms with Crippen LogP contribution < -0.4 is 84.4 Å². The Morgan fingerprint density at radius 1 is 0.667 bits per heavy atom. The van der Waals surface area contributed by atoms with Gasteiger partial charge in [-0.15, -0.1) is 0 Å². The molecule has 0 aromatic heterocycles. The molecule has 88 valence electrons. The topological polar surface area (TPSA) is 230 Å². The second-order valence-electron chi connectivity index (χ2n) is 1.12. The fourth-order valence-electron chi connectivity index (χ4n) is 0. The molecule has 0 amide bonds. The Bertz CT molecular complexity index is 246. The molecule has 0 atom stereocenters. The molecule has 0 saturated heterocycles. The van der Waals surface area contributed by atoms with Gasteiger partial charge in [-0.1, -0.05) is 0 Å². The molecule has 0 N–H and O–H groups in total. The van der Waals surface area contributed by atoms with Crippen molar-refractivity contribution in [2.45, 2.75) is 0 Å². The average molecular weight is 782 g/mol. The van der Waals surface area contributed by atoms with E-state index in [9.17, 15) is 0 Å². The molecule has 0 saturated carbocycles. The SMILES string of the molecule is O=P([O-])([O-])[O-].O=P([O-])([O-])[O-].[Ba+2].[Ba+2].[Ba+2].[K+].[O]=[Nb](=[O])[O-]. The summed E-state index contributed by atoms with van der Waals surface area (Å²) in [7, 11) is -10.8. The van der Waals surface area contributed by atoms with Crippen molar-refractivity contribution in [1.82, 2.24) is 0 Å². The van der Waals surface area contributed by atoms with Crippen molar-refractivity contribution in [3.8, 4) is 0 Å². The van der Waals surface area contributed by atoms with E-state index >= 15 is 0 Å². The molecular weight excluding hydrogens is 782 g/mol. The first-order valence-electron chi connectivity index (χ1n) is 2.01. The number of hydrogen-bond donors (Lipinski definition) is 0. The van der Waals surface area contributed by atoms with Crippen LogP contribution in [0.2, 0.25) is 0 Å². The second kappa shape index (κ2) is 26.1. The van der Waals surface area contributed by atoms with Crippen LogP contribution in [0.4, 0.5) is 0 Å². The van der Waals surface area contributed by atoms with Crippen LogP contribution >= 0.6 is 15.6 Å². The maximum absolute atomic E-state index is 8.60. The predicted octanol–water partition coefficient (Wildman–Crippen LogP) is -11.2. The van der Waals surface area contributed by atoms with Gasteiger partial charge < -0.3 is 38.5 Å². The van der Waals surface area contributed by atoms with Crippen LogP contribution in [0.1, 0.15) is 0 Å². The molecular formula is Ba3KNbO11P2. The van der Waals surface area contributed by atoms with E-state index in [-0.39, 0.29) is 198 Å². The van der Waals surface area contributed by atoms with Crippen molar-refractivity contribution in [2.75, 3.05) is 0 Å². The third kappa shape index (κ3) is 232. The van der Waals surface area contributed by atoms with Crippen LogP contribution in [-0.2, 0) is 34.4 Å². The summed E-state index contributed by atoms with van der Waals surface area (Å²) in [6, 6.07) is 0. The van der Waals surface area contributed by atoms with Crippen LogP contribution in [0.15, 0.2) is 0 Å². The first-order valence-corrected chi connectivity index (χ1v) is 7.62. The van der Waals surface area contributed by atoms with Crippen molar-refractivity contribution in [2.24, 2.45) is 0 Å². The van der Waals surface area contributed by atoms with Gasteiger partial charge in [0, 0.05) is 0 Å². The first kappa shape index (κ1) is 44.4. The van der Waals surface area contributed by atoms with E-state index in [1.807, 2.05) is 0 Å². The molecule has 0 aromatic rings. The third-order valence-electron chi connectivity index (χ3n) is 0. The Morgan fingerprint density at radius 3 is 0.667 bits per heavy atom. The molecule has 18 heteroatoms. The van der Waals surface area contributed by atoms with Gasteiger partial charge in [-0.05, 0) is 0 Å². The monoisotopic (exact) mass is 783 g/mol. The molecule has 11 nitrogen and oxygen atoms in total. The summed E-state index contributed by atoms with van der Waals surface area (Å²) >= 11 is -4.20. The van der Waals surface area contributed by atoms with Gasteiger partial charge in [0.15, 0.2) is 0 Å². The van der Waals surface area contributed by atoms with Gasteiger partial charge in [0.2, 0.25) is 0 Å². The van der Waals surface area contributed by atoms with Crippen molar-refractivity contribution in [3.05, 3.63) is 0 Å². The fourth-order valence-corrected chi connectivity index (χ4v) is 0. The first-order chi connectivity index (χ1) is 5.73. The molecule has 0 fully saturated rings. The molecule has 0 bridgehead atoms. The maximum atomic E-state index is 8.60. The summed E-state index contributed by atoms with van der Waals surface area (Å²) in [5.41, 5.74) is 0. The zero-order valence-electron chi connectivity index (χ0n) is 8.95. The molecule has 0 spiro atoms. The van der Waals surface area contributed by atoms with Gasteiger partial charge in [0.1, 0.15) is 0 Å². The van der Waals surface area contributed by atoms with E-state index in [0.29, 0.717) is 0 Å². The molecule has 0 heterocycles. The molecule has 0 unspecified atom stereocenters. The summed E-state index contributed by atoms with van der Waals surface area (Å²) in [6.45, 7) is 0. The molecule has 0 aromatic carbocycles. The minimum atomic E-state index is -5.39. The van der Waals surface area contributed by atoms with Crippen molar-refractivity contribution >= 4 is 162 Å². The van der Waals surface area contributed by atoms with Gasteiger partial charge in [-0.25, -0.2) is 0 Å². The second-order valence-corrected chi connectivity index (χ2v) is 4.01. The quantitative estimate of drug-likeness (QED) is 0.166. The molecule has 0 aliphatic carbocycles. The van der Waals surface area contributed by atoms with E-state index in [1.54, 1.807) is 0 Å². The fraction of sp³-hybridized carbons (Fsp3) is 0. The van der Waals surface area contributed by atoms with Crippen molar-refractivity contribution in [1.29, 1.82) is 0 Å².